The fourth-order valence-electron chi connectivity index (χ4n) is 0.117. The van der Waals surface area contributed by atoms with Crippen molar-refractivity contribution in [2.75, 3.05) is 0 Å². The molecule has 0 aliphatic carbocycles. The Bertz CT molecular complexity index is 223. The Labute approximate surface area is 92.9 Å². The molecule has 0 radical (unpaired) electrons. The molecule has 0 spiro atoms. The van der Waals surface area contributed by atoms with Crippen LogP contribution in [-0.2, 0) is 14.3 Å². The molecule has 0 bridgehead atoms. The van der Waals surface area contributed by atoms with Crippen molar-refractivity contribution in [1.29, 1.82) is 0 Å². The minimum atomic E-state index is -1.38. The second-order valence-electron chi connectivity index (χ2n) is 1.68. The molecule has 15 heavy (non-hydrogen) atoms. The Balaban J connectivity index is -0.000000153. The Morgan fingerprint density at radius 2 is 1.60 bits per heavy atom. The molecule has 0 saturated carbocycles. The maximum absolute atomic E-state index is 9.75. The van der Waals surface area contributed by atoms with Crippen molar-refractivity contribution in [1.82, 2.24) is 0 Å². The second kappa shape index (κ2) is 14.8. The van der Waals surface area contributed by atoms with E-state index in [1.807, 2.05) is 0 Å². The van der Waals surface area contributed by atoms with E-state index in [1.165, 1.54) is 12.5 Å². The Hall–Kier alpha value is -1.75. The number of esters is 1. The topological polar surface area (TPSA) is 83.8 Å². The molecule has 0 aromatic rings. The van der Waals surface area contributed by atoms with Crippen molar-refractivity contribution in [3.05, 3.63) is 37.3 Å². The zero-order chi connectivity index (χ0) is 12.9. The number of carboxylic acids is 1. The van der Waals surface area contributed by atoms with Crippen LogP contribution in [0.25, 0.3) is 0 Å². The van der Waals surface area contributed by atoms with E-state index in [2.05, 4.69) is 24.5 Å². The molecule has 5 nitrogen and oxygen atoms in total. The van der Waals surface area contributed by atoms with Gasteiger partial charge in [0.05, 0.1) is 6.26 Å². The van der Waals surface area contributed by atoms with E-state index in [4.69, 9.17) is 21.8 Å². The number of hydrogen-bond acceptors (Lipinski definition) is 4. The normalized spacial score (nSPS) is 6.53. The van der Waals surface area contributed by atoms with E-state index in [0.717, 1.165) is 6.26 Å². The molecule has 0 atom stereocenters. The first-order valence-corrected chi connectivity index (χ1v) is 3.87. The molecule has 0 aliphatic heterocycles. The first kappa shape index (κ1) is 18.9. The minimum Gasteiger partial charge on any atom is -0.502 e. The summed E-state index contributed by atoms with van der Waals surface area (Å²) in [5.74, 6) is -2.53. The largest absolute Gasteiger partial charge is 0.502 e. The van der Waals surface area contributed by atoms with Crippen LogP contribution in [0.15, 0.2) is 37.3 Å². The van der Waals surface area contributed by atoms with Crippen molar-refractivity contribution in [3.63, 3.8) is 0 Å². The molecule has 86 valence electrons. The van der Waals surface area contributed by atoms with Crippen molar-refractivity contribution in [2.24, 2.45) is 0 Å². The van der Waals surface area contributed by atoms with Crippen molar-refractivity contribution in [3.8, 4) is 0 Å². The summed E-state index contributed by atoms with van der Waals surface area (Å²) in [6.07, 6.45) is 1.10. The summed E-state index contributed by atoms with van der Waals surface area (Å²) in [5.41, 5.74) is 1.22. The molecule has 0 aliphatic rings. The Morgan fingerprint density at radius 1 is 1.33 bits per heavy atom. The molecule has 0 aromatic heterocycles. The molecular weight excluding hydrogens is 224 g/mol. The smallest absolute Gasteiger partial charge is 0.370 e. The monoisotopic (exact) mass is 236 g/mol. The standard InChI is InChI=1S/C4H6O2.C3H4O3.C2H3Cl/c1-3-6-4(2)5;1-2(4)3(5)6;1-2-3/h3H,1H2,2H3;4H,1H2,(H,5,6);2H,1H2. The van der Waals surface area contributed by atoms with Crippen LogP contribution in [0.1, 0.15) is 6.92 Å². The predicted octanol–water partition coefficient (Wildman–Crippen LogP) is 2.20. The van der Waals surface area contributed by atoms with Crippen molar-refractivity contribution < 1.29 is 24.5 Å². The highest BCUT2D eigenvalue weighted by molar-refractivity contribution is 6.25. The number of carbonyl (C=O) groups is 2. The summed E-state index contributed by atoms with van der Waals surface area (Å²) in [6.45, 7) is 10.3. The zero-order valence-corrected chi connectivity index (χ0v) is 9.03. The lowest BCUT2D eigenvalue weighted by molar-refractivity contribution is -0.136. The van der Waals surface area contributed by atoms with Gasteiger partial charge in [-0.15, -0.1) is 0 Å². The van der Waals surface area contributed by atoms with Gasteiger partial charge in [0.15, 0.2) is 5.76 Å². The van der Waals surface area contributed by atoms with Gasteiger partial charge in [0, 0.05) is 6.92 Å². The zero-order valence-electron chi connectivity index (χ0n) is 8.27. The van der Waals surface area contributed by atoms with Gasteiger partial charge in [0.25, 0.3) is 0 Å². The third kappa shape index (κ3) is 46.7. The first-order chi connectivity index (χ1) is 6.83. The lowest BCUT2D eigenvalue weighted by Crippen LogP contribution is -1.95. The number of aliphatic hydroxyl groups is 1. The van der Waals surface area contributed by atoms with Gasteiger partial charge in [0.1, 0.15) is 0 Å². The van der Waals surface area contributed by atoms with Crippen LogP contribution in [-0.4, -0.2) is 22.2 Å². The van der Waals surface area contributed by atoms with Gasteiger partial charge in [-0.1, -0.05) is 24.8 Å². The number of carboxylic acid groups (broad SMARTS) is 1. The van der Waals surface area contributed by atoms with Crippen LogP contribution in [0.5, 0.6) is 0 Å². The number of ether oxygens (including phenoxy) is 1. The molecule has 0 amide bonds. The van der Waals surface area contributed by atoms with E-state index in [-0.39, 0.29) is 5.97 Å². The van der Waals surface area contributed by atoms with Crippen LogP contribution in [0.4, 0.5) is 0 Å². The highest BCUT2D eigenvalue weighted by atomic mass is 35.5. The van der Waals surface area contributed by atoms with Crippen LogP contribution < -0.4 is 0 Å². The van der Waals surface area contributed by atoms with Crippen molar-refractivity contribution >= 4 is 23.5 Å². The molecule has 0 heterocycles. The highest BCUT2D eigenvalue weighted by Crippen LogP contribution is 1.75. The van der Waals surface area contributed by atoms with Gasteiger partial charge >= 0.3 is 11.9 Å². The lowest BCUT2D eigenvalue weighted by atomic mass is 10.6. The molecule has 2 N–H and O–H groups in total. The summed E-state index contributed by atoms with van der Waals surface area (Å²) < 4.78 is 4.17. The number of rotatable bonds is 2. The van der Waals surface area contributed by atoms with E-state index in [9.17, 15) is 9.59 Å². The summed E-state index contributed by atoms with van der Waals surface area (Å²) in [4.78, 5) is 19.1. The SMILES string of the molecule is C=C(O)C(=O)O.C=CCl.C=COC(C)=O. The molecule has 0 rings (SSSR count). The van der Waals surface area contributed by atoms with Gasteiger partial charge < -0.3 is 14.9 Å². The number of carbonyl (C=O) groups excluding carboxylic acids is 1. The Morgan fingerprint density at radius 3 is 1.60 bits per heavy atom. The third-order valence-electron chi connectivity index (χ3n) is 0.496. The van der Waals surface area contributed by atoms with E-state index in [1.54, 1.807) is 0 Å². The average Bonchev–Trinajstić information content (AvgIpc) is 2.05. The summed E-state index contributed by atoms with van der Waals surface area (Å²) in [5, 5.41) is 15.5. The minimum absolute atomic E-state index is 0.329. The fraction of sp³-hybridized carbons (Fsp3) is 0.111. The maximum atomic E-state index is 9.75. The van der Waals surface area contributed by atoms with Crippen LogP contribution in [0.3, 0.4) is 0 Å². The molecule has 0 fully saturated rings. The van der Waals surface area contributed by atoms with E-state index in [0.29, 0.717) is 0 Å². The number of hydrogen-bond donors (Lipinski definition) is 2. The molecule has 0 saturated heterocycles. The van der Waals surface area contributed by atoms with Gasteiger partial charge in [-0.25, -0.2) is 4.79 Å². The number of halogens is 1. The van der Waals surface area contributed by atoms with Gasteiger partial charge in [-0.05, 0) is 12.1 Å². The summed E-state index contributed by atoms with van der Waals surface area (Å²) in [6, 6.07) is 0. The fourth-order valence-corrected chi connectivity index (χ4v) is 0.117. The van der Waals surface area contributed by atoms with Crippen LogP contribution >= 0.6 is 11.6 Å². The highest BCUT2D eigenvalue weighted by Gasteiger charge is 1.94. The average molecular weight is 237 g/mol. The van der Waals surface area contributed by atoms with Crippen LogP contribution in [0, 0.1) is 0 Å². The molecule has 0 aromatic carbocycles. The lowest BCUT2D eigenvalue weighted by Gasteiger charge is -1.83. The molecule has 0 unspecified atom stereocenters. The summed E-state index contributed by atoms with van der Waals surface area (Å²) >= 11 is 4.76. The van der Waals surface area contributed by atoms with Crippen LogP contribution in [0.2, 0.25) is 0 Å². The third-order valence-corrected chi connectivity index (χ3v) is 0.496. The van der Waals surface area contributed by atoms with Crippen molar-refractivity contribution in [2.45, 2.75) is 6.92 Å². The first-order valence-electron chi connectivity index (χ1n) is 3.43. The van der Waals surface area contributed by atoms with E-state index >= 15 is 0 Å². The number of aliphatic hydroxyl groups excluding tert-OH is 1. The van der Waals surface area contributed by atoms with Gasteiger partial charge in [0.2, 0.25) is 0 Å². The Kier molecular flexibility index (Phi) is 18.6. The second-order valence-corrected chi connectivity index (χ2v) is 1.99. The summed E-state index contributed by atoms with van der Waals surface area (Å²) in [7, 11) is 0. The molecule has 6 heteroatoms. The maximum Gasteiger partial charge on any atom is 0.370 e. The van der Waals surface area contributed by atoms with Gasteiger partial charge in [-0.2, -0.15) is 0 Å². The van der Waals surface area contributed by atoms with E-state index < -0.39 is 11.7 Å². The predicted molar refractivity (Wildman–Crippen MR) is 57.4 cm³/mol. The molecular formula is C9H13ClO5. The number of aliphatic carboxylic acids is 1. The van der Waals surface area contributed by atoms with Gasteiger partial charge in [-0.3, -0.25) is 4.79 Å². The quantitative estimate of drug-likeness (QED) is 0.436.